The smallest absolute Gasteiger partial charge is 0.314 e. The highest BCUT2D eigenvalue weighted by molar-refractivity contribution is 5.88. The van der Waals surface area contributed by atoms with Crippen LogP contribution in [0.3, 0.4) is 0 Å². The number of hydrogen-bond donors (Lipinski definition) is 3. The predicted molar refractivity (Wildman–Crippen MR) is 65.0 cm³/mol. The molecule has 0 aliphatic heterocycles. The maximum Gasteiger partial charge on any atom is 0.314 e. The van der Waals surface area contributed by atoms with Gasteiger partial charge in [0.2, 0.25) is 0 Å². The van der Waals surface area contributed by atoms with Crippen LogP contribution in [0.1, 0.15) is 23.1 Å². The molecule has 5 heteroatoms. The second kappa shape index (κ2) is 6.52. The van der Waals surface area contributed by atoms with Gasteiger partial charge in [-0.1, -0.05) is 6.07 Å². The van der Waals surface area contributed by atoms with Crippen LogP contribution in [0.5, 0.6) is 0 Å². The van der Waals surface area contributed by atoms with Crippen molar-refractivity contribution in [2.75, 3.05) is 5.73 Å². The van der Waals surface area contributed by atoms with Crippen LogP contribution in [-0.4, -0.2) is 22.2 Å². The molecule has 0 saturated heterocycles. The number of anilines is 1. The van der Waals surface area contributed by atoms with Crippen molar-refractivity contribution in [2.24, 2.45) is 0 Å². The van der Waals surface area contributed by atoms with E-state index >= 15 is 0 Å². The number of aryl methyl sites for hydroxylation is 1. The van der Waals surface area contributed by atoms with E-state index in [-0.39, 0.29) is 0 Å². The molecule has 0 atom stereocenters. The van der Waals surface area contributed by atoms with Gasteiger partial charge in [0.25, 0.3) is 0 Å². The van der Waals surface area contributed by atoms with E-state index in [9.17, 15) is 9.59 Å². The normalized spacial score (nSPS) is 9.12. The number of nitrogen functional groups attached to an aromatic ring is 1. The molecule has 0 amide bonds. The van der Waals surface area contributed by atoms with Crippen molar-refractivity contribution in [3.05, 3.63) is 28.8 Å². The summed E-state index contributed by atoms with van der Waals surface area (Å²) in [6, 6.07) is 4.01. The molecule has 0 aliphatic carbocycles. The predicted octanol–water partition coefficient (Wildman–Crippen LogP) is 1.74. The summed E-state index contributed by atoms with van der Waals surface area (Å²) in [5.74, 6) is -2.62. The Morgan fingerprint density at radius 3 is 1.82 bits per heavy atom. The fraction of sp³-hybridized carbons (Fsp3) is 0.333. The van der Waals surface area contributed by atoms with Crippen molar-refractivity contribution < 1.29 is 19.8 Å². The molecule has 0 fully saturated rings. The average molecular weight is 239 g/mol. The summed E-state index contributed by atoms with van der Waals surface area (Å²) in [4.78, 5) is 18.9. The van der Waals surface area contributed by atoms with E-state index in [1.165, 1.54) is 16.7 Å². The maximum absolute atomic E-state index is 9.43. The molecule has 94 valence electrons. The first-order valence-electron chi connectivity index (χ1n) is 5.01. The first kappa shape index (κ1) is 15.0. The minimum Gasteiger partial charge on any atom is -0.481 e. The van der Waals surface area contributed by atoms with Gasteiger partial charge in [-0.15, -0.1) is 0 Å². The summed E-state index contributed by atoms with van der Waals surface area (Å²) < 4.78 is 0. The lowest BCUT2D eigenvalue weighted by molar-refractivity contribution is -0.147. The standard InChI is InChI=1S/C9H13N.C3H4O4/c1-6-4-5-9(10)8(3)7(6)2;4-2(5)1-3(6)7/h4-5H,10H2,1-3H3;1H2,(H,4,5)(H,6,7). The number of carbonyl (C=O) groups is 2. The monoisotopic (exact) mass is 239 g/mol. The van der Waals surface area contributed by atoms with Gasteiger partial charge in [0, 0.05) is 5.69 Å². The summed E-state index contributed by atoms with van der Waals surface area (Å²) in [6.45, 7) is 6.25. The van der Waals surface area contributed by atoms with Crippen molar-refractivity contribution in [3.63, 3.8) is 0 Å². The number of benzene rings is 1. The van der Waals surface area contributed by atoms with Crippen LogP contribution < -0.4 is 5.73 Å². The Bertz CT molecular complexity index is 388. The second-order valence-electron chi connectivity index (χ2n) is 3.69. The Labute approximate surface area is 99.9 Å². The average Bonchev–Trinajstić information content (AvgIpc) is 2.20. The molecule has 0 unspecified atom stereocenters. The van der Waals surface area contributed by atoms with Gasteiger partial charge in [0.1, 0.15) is 6.42 Å². The summed E-state index contributed by atoms with van der Waals surface area (Å²) in [5.41, 5.74) is 10.4. The van der Waals surface area contributed by atoms with Crippen LogP contribution in [0, 0.1) is 20.8 Å². The Morgan fingerprint density at radius 2 is 1.53 bits per heavy atom. The van der Waals surface area contributed by atoms with Gasteiger partial charge < -0.3 is 15.9 Å². The van der Waals surface area contributed by atoms with Crippen molar-refractivity contribution >= 4 is 17.6 Å². The minimum absolute atomic E-state index is 0.806. The Hall–Kier alpha value is -2.04. The van der Waals surface area contributed by atoms with Gasteiger partial charge in [-0.05, 0) is 43.5 Å². The van der Waals surface area contributed by atoms with Crippen LogP contribution in [0.25, 0.3) is 0 Å². The molecular weight excluding hydrogens is 222 g/mol. The Morgan fingerprint density at radius 1 is 1.06 bits per heavy atom. The number of rotatable bonds is 2. The van der Waals surface area contributed by atoms with E-state index in [0.29, 0.717) is 0 Å². The van der Waals surface area contributed by atoms with Crippen molar-refractivity contribution in [2.45, 2.75) is 27.2 Å². The highest BCUT2D eigenvalue weighted by Crippen LogP contribution is 2.17. The van der Waals surface area contributed by atoms with Crippen molar-refractivity contribution in [3.8, 4) is 0 Å². The van der Waals surface area contributed by atoms with Crippen molar-refractivity contribution in [1.29, 1.82) is 0 Å². The van der Waals surface area contributed by atoms with E-state index in [0.717, 1.165) is 5.69 Å². The minimum atomic E-state index is -1.31. The fourth-order valence-corrected chi connectivity index (χ4v) is 1.11. The van der Waals surface area contributed by atoms with E-state index < -0.39 is 18.4 Å². The third-order valence-corrected chi connectivity index (χ3v) is 2.40. The first-order chi connectivity index (χ1) is 7.75. The lowest BCUT2D eigenvalue weighted by Crippen LogP contribution is -2.03. The molecule has 1 rings (SSSR count). The zero-order chi connectivity index (χ0) is 13.6. The number of carboxylic acids is 2. The van der Waals surface area contributed by atoms with E-state index in [1.807, 2.05) is 6.07 Å². The molecule has 0 heterocycles. The zero-order valence-electron chi connectivity index (χ0n) is 10.2. The molecule has 0 aromatic heterocycles. The number of carboxylic acid groups (broad SMARTS) is 2. The molecular formula is C12H17NO4. The number of nitrogens with two attached hydrogens (primary N) is 1. The topological polar surface area (TPSA) is 101 Å². The molecule has 5 nitrogen and oxygen atoms in total. The third kappa shape index (κ3) is 5.55. The van der Waals surface area contributed by atoms with Gasteiger partial charge in [-0.2, -0.15) is 0 Å². The molecule has 0 aliphatic rings. The molecule has 0 bridgehead atoms. The number of aliphatic carboxylic acids is 2. The fourth-order valence-electron chi connectivity index (χ4n) is 1.11. The highest BCUT2D eigenvalue weighted by Gasteiger charge is 2.01. The SMILES string of the molecule is Cc1ccc(N)c(C)c1C.O=C(O)CC(=O)O. The third-order valence-electron chi connectivity index (χ3n) is 2.40. The number of hydrogen-bond acceptors (Lipinski definition) is 3. The van der Waals surface area contributed by atoms with Gasteiger partial charge in [-0.3, -0.25) is 9.59 Å². The quantitative estimate of drug-likeness (QED) is 0.539. The lowest BCUT2D eigenvalue weighted by Gasteiger charge is -2.05. The van der Waals surface area contributed by atoms with Crippen LogP contribution in [0.15, 0.2) is 12.1 Å². The van der Waals surface area contributed by atoms with Gasteiger partial charge in [-0.25, -0.2) is 0 Å². The first-order valence-corrected chi connectivity index (χ1v) is 5.01. The molecule has 17 heavy (non-hydrogen) atoms. The van der Waals surface area contributed by atoms with E-state index in [2.05, 4.69) is 26.8 Å². The summed E-state index contributed by atoms with van der Waals surface area (Å²) >= 11 is 0. The van der Waals surface area contributed by atoms with E-state index in [1.54, 1.807) is 0 Å². The van der Waals surface area contributed by atoms with Crippen LogP contribution in [-0.2, 0) is 9.59 Å². The van der Waals surface area contributed by atoms with Gasteiger partial charge >= 0.3 is 11.9 Å². The molecule has 4 N–H and O–H groups in total. The molecule has 0 saturated carbocycles. The van der Waals surface area contributed by atoms with Gasteiger partial charge in [0.15, 0.2) is 0 Å². The van der Waals surface area contributed by atoms with Crippen LogP contribution in [0.2, 0.25) is 0 Å². The van der Waals surface area contributed by atoms with E-state index in [4.69, 9.17) is 15.9 Å². The van der Waals surface area contributed by atoms with Crippen LogP contribution >= 0.6 is 0 Å². The second-order valence-corrected chi connectivity index (χ2v) is 3.69. The molecule has 0 radical (unpaired) electrons. The summed E-state index contributed by atoms with van der Waals surface area (Å²) in [6.07, 6.45) is -0.806. The molecule has 1 aromatic rings. The largest absolute Gasteiger partial charge is 0.481 e. The molecule has 1 aromatic carbocycles. The summed E-state index contributed by atoms with van der Waals surface area (Å²) in [5, 5.41) is 15.4. The van der Waals surface area contributed by atoms with Crippen LogP contribution in [0.4, 0.5) is 5.69 Å². The Kier molecular flexibility index (Phi) is 5.74. The lowest BCUT2D eigenvalue weighted by atomic mass is 10.0. The zero-order valence-corrected chi connectivity index (χ0v) is 10.2. The van der Waals surface area contributed by atoms with Gasteiger partial charge in [0.05, 0.1) is 0 Å². The Balaban J connectivity index is 0.000000325. The summed E-state index contributed by atoms with van der Waals surface area (Å²) in [7, 11) is 0. The maximum atomic E-state index is 9.43. The molecule has 0 spiro atoms. The highest BCUT2D eigenvalue weighted by atomic mass is 16.4. The van der Waals surface area contributed by atoms with Crippen molar-refractivity contribution in [1.82, 2.24) is 0 Å².